The van der Waals surface area contributed by atoms with E-state index < -0.39 is 25.7 Å². The molecular weight excluding hydrogens is 867 g/mol. The number of carbonyl (C=O) groups excluding carboxylic acids is 3. The molecule has 0 bridgehead atoms. The third-order valence-corrected chi connectivity index (χ3v) is 14.3. The molecule has 3 aromatic carbocycles. The van der Waals surface area contributed by atoms with Gasteiger partial charge >= 0.3 is 6.61 Å². The minimum Gasteiger partial charge on any atom is -0.492 e. The van der Waals surface area contributed by atoms with Crippen LogP contribution in [0.3, 0.4) is 0 Å². The number of rotatable bonds is 15. The van der Waals surface area contributed by atoms with E-state index in [1.807, 2.05) is 31.2 Å². The quantitative estimate of drug-likeness (QED) is 0.0882. The molecule has 15 nitrogen and oxygen atoms in total. The number of nitrogens with one attached hydrogen (secondary N) is 3. The number of nitrogens with zero attached hydrogens (tertiary/aromatic N) is 6. The maximum absolute atomic E-state index is 13.9. The van der Waals surface area contributed by atoms with Gasteiger partial charge in [0, 0.05) is 86.5 Å². The van der Waals surface area contributed by atoms with Crippen molar-refractivity contribution < 1.29 is 37.2 Å². The molecule has 0 saturated carbocycles. The van der Waals surface area contributed by atoms with Gasteiger partial charge in [-0.05, 0) is 74.9 Å². The molecule has 3 fully saturated rings. The molecule has 3 N–H and O–H groups in total. The molecule has 1 atom stereocenters. The first-order chi connectivity index (χ1) is 30.7. The molecule has 1 aromatic heterocycles. The Morgan fingerprint density at radius 3 is 2.42 bits per heavy atom. The highest BCUT2D eigenvalue weighted by Gasteiger charge is 2.40. The SMILES string of the molecule is CCc1cc(Nc2ncc(Cl)c(Nc3ccccc3P(C)(C)=O)n2)c(OC(F)F)cc1N1CCC(N2CCN(CCOc3cccc4c3CN(C3CCC(=O)NC3=O)C4=O)CC2)CC1. The van der Waals surface area contributed by atoms with Crippen LogP contribution in [0.4, 0.5) is 37.6 Å². The number of aryl methyl sites for hydroxylation is 1. The lowest BCUT2D eigenvalue weighted by atomic mass is 9.99. The Morgan fingerprint density at radius 2 is 1.70 bits per heavy atom. The van der Waals surface area contributed by atoms with Gasteiger partial charge in [0.1, 0.15) is 30.6 Å². The van der Waals surface area contributed by atoms with Crippen molar-refractivity contribution in [3.8, 4) is 11.5 Å². The number of aromatic nitrogens is 2. The summed E-state index contributed by atoms with van der Waals surface area (Å²) >= 11 is 6.47. The van der Waals surface area contributed by atoms with E-state index in [-0.39, 0.29) is 47.3 Å². The van der Waals surface area contributed by atoms with Crippen molar-refractivity contribution in [2.75, 3.05) is 81.3 Å². The molecule has 0 aliphatic carbocycles. The summed E-state index contributed by atoms with van der Waals surface area (Å²) in [4.78, 5) is 55.0. The number of piperazine rings is 1. The third-order valence-electron chi connectivity index (χ3n) is 12.4. The average molecular weight is 920 g/mol. The molecule has 19 heteroatoms. The largest absolute Gasteiger partial charge is 0.492 e. The Morgan fingerprint density at radius 1 is 0.938 bits per heavy atom. The van der Waals surface area contributed by atoms with Gasteiger partial charge in [-0.3, -0.25) is 29.5 Å². The van der Waals surface area contributed by atoms with Crippen molar-refractivity contribution in [1.29, 1.82) is 0 Å². The lowest BCUT2D eigenvalue weighted by molar-refractivity contribution is -0.136. The minimum absolute atomic E-state index is 0.0277. The van der Waals surface area contributed by atoms with Gasteiger partial charge < -0.3 is 34.5 Å². The fourth-order valence-corrected chi connectivity index (χ4v) is 10.4. The van der Waals surface area contributed by atoms with Crippen LogP contribution in [0, 0.1) is 0 Å². The Kier molecular flexibility index (Phi) is 13.7. The summed E-state index contributed by atoms with van der Waals surface area (Å²) in [6, 6.07) is 15.8. The van der Waals surface area contributed by atoms with Crippen LogP contribution in [0.1, 0.15) is 54.1 Å². The number of hydrogen-bond donors (Lipinski definition) is 3. The fraction of sp³-hybridized carbons (Fsp3) is 0.444. The third kappa shape index (κ3) is 10.1. The highest BCUT2D eigenvalue weighted by molar-refractivity contribution is 7.70. The van der Waals surface area contributed by atoms with E-state index >= 15 is 0 Å². The van der Waals surface area contributed by atoms with E-state index in [1.54, 1.807) is 43.7 Å². The number of ether oxygens (including phenoxy) is 2. The normalized spacial score (nSPS) is 18.9. The second-order valence-electron chi connectivity index (χ2n) is 16.8. The molecular formula is C45H53ClF2N9O6P. The Balaban J connectivity index is 0.848. The van der Waals surface area contributed by atoms with Crippen molar-refractivity contribution in [3.63, 3.8) is 0 Å². The highest BCUT2D eigenvalue weighted by Crippen LogP contribution is 2.41. The summed E-state index contributed by atoms with van der Waals surface area (Å²) in [5.74, 6) is 0.00510. The fourth-order valence-electron chi connectivity index (χ4n) is 9.10. The number of hydrogen-bond acceptors (Lipinski definition) is 13. The lowest BCUT2D eigenvalue weighted by Gasteiger charge is -2.43. The number of amides is 3. The van der Waals surface area contributed by atoms with Crippen molar-refractivity contribution in [2.24, 2.45) is 0 Å². The van der Waals surface area contributed by atoms with Gasteiger partial charge in [0.05, 0.1) is 24.1 Å². The maximum atomic E-state index is 13.9. The summed E-state index contributed by atoms with van der Waals surface area (Å²) in [6.07, 6.45) is 4.42. The first kappa shape index (κ1) is 45.2. The predicted octanol–water partition coefficient (Wildman–Crippen LogP) is 6.46. The number of halogens is 3. The average Bonchev–Trinajstić information content (AvgIpc) is 3.61. The number of imide groups is 1. The first-order valence-corrected chi connectivity index (χ1v) is 24.7. The number of piperidine rings is 2. The van der Waals surface area contributed by atoms with Gasteiger partial charge in [0.15, 0.2) is 11.6 Å². The summed E-state index contributed by atoms with van der Waals surface area (Å²) in [5.41, 5.74) is 3.99. The smallest absolute Gasteiger partial charge is 0.387 e. The van der Waals surface area contributed by atoms with Crippen LogP contribution >= 0.6 is 18.7 Å². The Bertz CT molecular complexity index is 2440. The van der Waals surface area contributed by atoms with E-state index in [2.05, 4.69) is 40.6 Å². The molecule has 4 aromatic rings. The van der Waals surface area contributed by atoms with Crippen molar-refractivity contribution >= 4 is 70.6 Å². The maximum Gasteiger partial charge on any atom is 0.387 e. The molecule has 340 valence electrons. The Labute approximate surface area is 376 Å². The van der Waals surface area contributed by atoms with E-state index in [0.717, 1.165) is 75.5 Å². The molecule has 3 amide bonds. The standard InChI is InChI=1S/C45H53ClF2N9O6P/c1-4-28-24-34(51-45-49-26-32(46)41(53-45)50-33-9-5-6-11-39(33)64(2,3)61)38(63-44(47)48)25-36(28)56-16-14-29(15-17-56)55-20-18-54(19-21-55)22-23-62-37-10-7-8-30-31(37)27-57(43(30)60)35-12-13-40(58)52-42(35)59/h5-11,24-26,29,35,44H,4,12-23,27H2,1-3H3,(H,52,58,59)(H2,49,50,51,53). The summed E-state index contributed by atoms with van der Waals surface area (Å²) < 4.78 is 52.0. The van der Waals surface area contributed by atoms with Crippen LogP contribution in [-0.4, -0.2) is 127 Å². The monoisotopic (exact) mass is 919 g/mol. The van der Waals surface area contributed by atoms with Crippen molar-refractivity contribution in [2.45, 2.75) is 64.3 Å². The molecule has 5 heterocycles. The molecule has 64 heavy (non-hydrogen) atoms. The van der Waals surface area contributed by atoms with Crippen LogP contribution < -0.4 is 35.6 Å². The topological polar surface area (TPSA) is 162 Å². The zero-order chi connectivity index (χ0) is 45.1. The summed E-state index contributed by atoms with van der Waals surface area (Å²) in [6.45, 7) is 8.92. The van der Waals surface area contributed by atoms with Gasteiger partial charge in [-0.15, -0.1) is 0 Å². The molecule has 4 aliphatic heterocycles. The van der Waals surface area contributed by atoms with Crippen molar-refractivity contribution in [1.82, 2.24) is 30.0 Å². The van der Waals surface area contributed by atoms with Crippen LogP contribution in [0.15, 0.2) is 60.8 Å². The van der Waals surface area contributed by atoms with Crippen molar-refractivity contribution in [3.05, 3.63) is 82.5 Å². The molecule has 0 radical (unpaired) electrons. The second kappa shape index (κ2) is 19.4. The Hall–Kier alpha value is -5.35. The number of carbonyl (C=O) groups is 3. The zero-order valence-corrected chi connectivity index (χ0v) is 37.8. The number of para-hydroxylation sites is 1. The van der Waals surface area contributed by atoms with Crippen LogP contribution in [-0.2, 0) is 27.1 Å². The zero-order valence-electron chi connectivity index (χ0n) is 36.1. The van der Waals surface area contributed by atoms with Gasteiger partial charge in [0.25, 0.3) is 5.91 Å². The van der Waals surface area contributed by atoms with Crippen LogP contribution in [0.25, 0.3) is 0 Å². The highest BCUT2D eigenvalue weighted by atomic mass is 35.5. The molecule has 3 saturated heterocycles. The summed E-state index contributed by atoms with van der Waals surface area (Å²) in [5, 5.41) is 9.45. The molecule has 1 unspecified atom stereocenters. The molecule has 0 spiro atoms. The van der Waals surface area contributed by atoms with Gasteiger partial charge in [0.2, 0.25) is 17.8 Å². The van der Waals surface area contributed by atoms with Gasteiger partial charge in [-0.1, -0.05) is 36.7 Å². The van der Waals surface area contributed by atoms with E-state index in [1.165, 1.54) is 11.1 Å². The van der Waals surface area contributed by atoms with Gasteiger partial charge in [-0.25, -0.2) is 4.98 Å². The minimum atomic E-state index is -3.06. The number of benzene rings is 3. The van der Waals surface area contributed by atoms with Crippen LogP contribution in [0.2, 0.25) is 5.02 Å². The predicted molar refractivity (Wildman–Crippen MR) is 243 cm³/mol. The van der Waals surface area contributed by atoms with E-state index in [4.69, 9.17) is 21.1 Å². The van der Waals surface area contributed by atoms with Gasteiger partial charge in [-0.2, -0.15) is 13.8 Å². The van der Waals surface area contributed by atoms with E-state index in [9.17, 15) is 27.7 Å². The number of fused-ring (bicyclic) bond motifs is 1. The number of anilines is 5. The first-order valence-electron chi connectivity index (χ1n) is 21.7. The molecule has 8 rings (SSSR count). The molecule has 4 aliphatic rings. The van der Waals surface area contributed by atoms with E-state index in [0.29, 0.717) is 53.5 Å². The lowest BCUT2D eigenvalue weighted by Crippen LogP contribution is -2.53. The number of alkyl halides is 2. The van der Waals surface area contributed by atoms with Crippen LogP contribution in [0.5, 0.6) is 11.5 Å². The summed E-state index contributed by atoms with van der Waals surface area (Å²) in [7, 11) is -2.64. The second-order valence-corrected chi connectivity index (χ2v) is 20.4.